The normalized spacial score (nSPS) is 13.9. The predicted molar refractivity (Wildman–Crippen MR) is 147 cm³/mol. The minimum Gasteiger partial charge on any atom is -0.495 e. The number of carbonyl (C=O) groups is 3. The third kappa shape index (κ3) is 6.64. The first kappa shape index (κ1) is 28.3. The minimum absolute atomic E-state index is 0.00722. The number of halogens is 1. The summed E-state index contributed by atoms with van der Waals surface area (Å²) in [6, 6.07) is 11.4. The highest BCUT2D eigenvalue weighted by Gasteiger charge is 2.26. The van der Waals surface area contributed by atoms with Gasteiger partial charge in [0.2, 0.25) is 0 Å². The van der Waals surface area contributed by atoms with Crippen molar-refractivity contribution in [3.8, 4) is 16.9 Å². The third-order valence-electron chi connectivity index (χ3n) is 7.00. The first-order valence-electron chi connectivity index (χ1n) is 12.8. The molecule has 204 valence electrons. The third-order valence-corrected chi connectivity index (χ3v) is 7.23. The fourth-order valence-corrected chi connectivity index (χ4v) is 4.79. The number of aromatic nitrogens is 1. The number of nitrogens with zero attached hydrogens (tertiary/aromatic N) is 1. The van der Waals surface area contributed by atoms with E-state index in [4.69, 9.17) is 26.2 Å². The van der Waals surface area contributed by atoms with Crippen molar-refractivity contribution in [3.63, 3.8) is 0 Å². The van der Waals surface area contributed by atoms with Gasteiger partial charge in [-0.25, -0.2) is 4.79 Å². The number of pyridine rings is 1. The second-order valence-corrected chi connectivity index (χ2v) is 10.1. The largest absolute Gasteiger partial charge is 0.495 e. The summed E-state index contributed by atoms with van der Waals surface area (Å²) in [5.74, 6) is -1.16. The van der Waals surface area contributed by atoms with Gasteiger partial charge < -0.3 is 19.1 Å². The standard InChI is InChI=1S/C30H30ClNO7/c1-18(33)23-11-10-21(31)15-24(23)25-16-29(35)32(17-28(25)38-2)26(12-13-39-22-4-3-5-22)27(34)14-19-6-8-20(9-7-19)30(36)37/h6-11,15-17,22,26H,3-5,12-14H2,1-2H3,(H,36,37). The number of carboxylic acids is 1. The summed E-state index contributed by atoms with van der Waals surface area (Å²) in [6.07, 6.45) is 5.02. The molecule has 1 N–H and O–H groups in total. The Hall–Kier alpha value is -3.75. The lowest BCUT2D eigenvalue weighted by Gasteiger charge is -2.27. The van der Waals surface area contributed by atoms with Crippen molar-refractivity contribution in [1.29, 1.82) is 0 Å². The van der Waals surface area contributed by atoms with Crippen LogP contribution in [-0.2, 0) is 16.0 Å². The molecule has 1 unspecified atom stereocenters. The molecule has 0 bridgehead atoms. The van der Waals surface area contributed by atoms with Crippen LogP contribution in [0.15, 0.2) is 59.5 Å². The van der Waals surface area contributed by atoms with E-state index in [1.165, 1.54) is 43.0 Å². The average molecular weight is 552 g/mol. The van der Waals surface area contributed by atoms with Gasteiger partial charge in [-0.3, -0.25) is 14.4 Å². The smallest absolute Gasteiger partial charge is 0.335 e. The molecular weight excluding hydrogens is 522 g/mol. The summed E-state index contributed by atoms with van der Waals surface area (Å²) in [5, 5.41) is 9.55. The van der Waals surface area contributed by atoms with Crippen molar-refractivity contribution in [2.24, 2.45) is 0 Å². The van der Waals surface area contributed by atoms with Crippen LogP contribution < -0.4 is 10.3 Å². The van der Waals surface area contributed by atoms with Gasteiger partial charge in [0.15, 0.2) is 11.6 Å². The first-order chi connectivity index (χ1) is 18.7. The van der Waals surface area contributed by atoms with Gasteiger partial charge in [-0.2, -0.15) is 0 Å². The molecule has 39 heavy (non-hydrogen) atoms. The van der Waals surface area contributed by atoms with Crippen LogP contribution in [0.2, 0.25) is 5.02 Å². The SMILES string of the molecule is COc1cn(C(CCOC2CCC2)C(=O)Cc2ccc(C(=O)O)cc2)c(=O)cc1-c1cc(Cl)ccc1C(C)=O. The van der Waals surface area contributed by atoms with Crippen LogP contribution in [0.3, 0.4) is 0 Å². The fraction of sp³-hybridized carbons (Fsp3) is 0.333. The molecule has 0 radical (unpaired) electrons. The summed E-state index contributed by atoms with van der Waals surface area (Å²) in [7, 11) is 1.45. The predicted octanol–water partition coefficient (Wildman–Crippen LogP) is 5.39. The Morgan fingerprint density at radius 2 is 1.79 bits per heavy atom. The summed E-state index contributed by atoms with van der Waals surface area (Å²) < 4.78 is 12.9. The van der Waals surface area contributed by atoms with Crippen LogP contribution >= 0.6 is 11.6 Å². The number of ketones is 2. The van der Waals surface area contributed by atoms with E-state index in [0.717, 1.165) is 19.3 Å². The van der Waals surface area contributed by atoms with Crippen molar-refractivity contribution in [2.75, 3.05) is 13.7 Å². The number of carboxylic acid groups (broad SMARTS) is 1. The molecular formula is C30H30ClNO7. The number of carbonyl (C=O) groups excluding carboxylic acids is 2. The molecule has 4 rings (SSSR count). The number of aromatic carboxylic acids is 1. The maximum atomic E-state index is 13.6. The Morgan fingerprint density at radius 3 is 2.38 bits per heavy atom. The van der Waals surface area contributed by atoms with E-state index < -0.39 is 17.6 Å². The van der Waals surface area contributed by atoms with Crippen molar-refractivity contribution < 1.29 is 29.0 Å². The highest BCUT2D eigenvalue weighted by atomic mass is 35.5. The van der Waals surface area contributed by atoms with E-state index in [-0.39, 0.29) is 36.1 Å². The molecule has 0 spiro atoms. The maximum Gasteiger partial charge on any atom is 0.335 e. The van der Waals surface area contributed by atoms with E-state index in [0.29, 0.717) is 39.6 Å². The van der Waals surface area contributed by atoms with Crippen molar-refractivity contribution in [3.05, 3.63) is 86.8 Å². The molecule has 1 aromatic heterocycles. The Kier molecular flexibility index (Phi) is 8.99. The number of Topliss-reactive ketones (excluding diaryl/α,β-unsaturated/α-hetero) is 2. The zero-order chi connectivity index (χ0) is 28.1. The van der Waals surface area contributed by atoms with Crippen LogP contribution in [0.4, 0.5) is 0 Å². The minimum atomic E-state index is -1.05. The number of methoxy groups -OCH3 is 1. The number of hydrogen-bond acceptors (Lipinski definition) is 6. The van der Waals surface area contributed by atoms with Gasteiger partial charge >= 0.3 is 5.97 Å². The fourth-order valence-electron chi connectivity index (χ4n) is 4.61. The maximum absolute atomic E-state index is 13.6. The second-order valence-electron chi connectivity index (χ2n) is 9.62. The molecule has 1 saturated carbocycles. The molecule has 2 aromatic carbocycles. The quantitative estimate of drug-likeness (QED) is 0.300. The highest BCUT2D eigenvalue weighted by molar-refractivity contribution is 6.31. The number of rotatable bonds is 12. The van der Waals surface area contributed by atoms with E-state index in [9.17, 15) is 19.2 Å². The molecule has 9 heteroatoms. The first-order valence-corrected chi connectivity index (χ1v) is 13.1. The molecule has 3 aromatic rings. The van der Waals surface area contributed by atoms with Crippen LogP contribution in [0.1, 0.15) is 64.9 Å². The summed E-state index contributed by atoms with van der Waals surface area (Å²) in [4.78, 5) is 50.5. The molecule has 1 fully saturated rings. The molecule has 1 atom stereocenters. The molecule has 1 heterocycles. The van der Waals surface area contributed by atoms with Crippen LogP contribution in [0.25, 0.3) is 11.1 Å². The van der Waals surface area contributed by atoms with Gasteiger partial charge in [0.05, 0.1) is 31.0 Å². The molecule has 1 aliphatic carbocycles. The highest BCUT2D eigenvalue weighted by Crippen LogP contribution is 2.34. The van der Waals surface area contributed by atoms with Crippen molar-refractivity contribution >= 4 is 29.1 Å². The lowest BCUT2D eigenvalue weighted by atomic mass is 9.96. The van der Waals surface area contributed by atoms with E-state index in [1.54, 1.807) is 30.3 Å². The Bertz CT molecular complexity index is 1440. The van der Waals surface area contributed by atoms with E-state index in [2.05, 4.69) is 0 Å². The second kappa shape index (κ2) is 12.4. The van der Waals surface area contributed by atoms with Gasteiger partial charge in [-0.15, -0.1) is 0 Å². The monoisotopic (exact) mass is 551 g/mol. The van der Waals surface area contributed by atoms with E-state index in [1.807, 2.05) is 0 Å². The van der Waals surface area contributed by atoms with Gasteiger partial charge in [0.25, 0.3) is 5.56 Å². The molecule has 1 aliphatic rings. The van der Waals surface area contributed by atoms with Crippen LogP contribution in [0.5, 0.6) is 5.75 Å². The zero-order valence-corrected chi connectivity index (χ0v) is 22.6. The van der Waals surface area contributed by atoms with Gasteiger partial charge in [-0.1, -0.05) is 23.7 Å². The number of benzene rings is 2. The Morgan fingerprint density at radius 1 is 1.08 bits per heavy atom. The molecule has 0 amide bonds. The summed E-state index contributed by atoms with van der Waals surface area (Å²) >= 11 is 6.21. The molecule has 8 nitrogen and oxygen atoms in total. The summed E-state index contributed by atoms with van der Waals surface area (Å²) in [5.41, 5.74) is 1.57. The van der Waals surface area contributed by atoms with Crippen LogP contribution in [0, 0.1) is 0 Å². The molecule has 0 saturated heterocycles. The van der Waals surface area contributed by atoms with Crippen LogP contribution in [-0.4, -0.2) is 47.0 Å². The topological polar surface area (TPSA) is 112 Å². The average Bonchev–Trinajstić information content (AvgIpc) is 2.88. The van der Waals surface area contributed by atoms with Crippen molar-refractivity contribution in [2.45, 2.75) is 51.2 Å². The lowest BCUT2D eigenvalue weighted by molar-refractivity contribution is -0.122. The molecule has 0 aliphatic heterocycles. The zero-order valence-electron chi connectivity index (χ0n) is 21.8. The summed E-state index contributed by atoms with van der Waals surface area (Å²) in [6.45, 7) is 1.73. The van der Waals surface area contributed by atoms with Crippen molar-refractivity contribution in [1.82, 2.24) is 4.57 Å². The Labute approximate surface area is 231 Å². The lowest BCUT2D eigenvalue weighted by Crippen LogP contribution is -2.32. The van der Waals surface area contributed by atoms with Gasteiger partial charge in [0, 0.05) is 35.2 Å². The number of ether oxygens (including phenoxy) is 2. The number of hydrogen-bond donors (Lipinski definition) is 1. The Balaban J connectivity index is 1.70. The van der Waals surface area contributed by atoms with Gasteiger partial charge in [0.1, 0.15) is 5.75 Å². The van der Waals surface area contributed by atoms with Gasteiger partial charge in [-0.05, 0) is 74.1 Å². The van der Waals surface area contributed by atoms with E-state index >= 15 is 0 Å².